The molecule has 0 saturated heterocycles. The summed E-state index contributed by atoms with van der Waals surface area (Å²) in [6.07, 6.45) is 2.13. The van der Waals surface area contributed by atoms with Gasteiger partial charge in [-0.25, -0.2) is 4.79 Å². The molecule has 130 valence electrons. The minimum atomic E-state index is -0.401. The van der Waals surface area contributed by atoms with E-state index in [1.54, 1.807) is 13.0 Å². The Labute approximate surface area is 148 Å². The molecule has 0 aliphatic carbocycles. The highest BCUT2D eigenvalue weighted by Crippen LogP contribution is 2.11. The second-order valence-corrected chi connectivity index (χ2v) is 5.52. The molecule has 0 bridgehead atoms. The molecule has 0 saturated carbocycles. The zero-order valence-corrected chi connectivity index (χ0v) is 14.3. The molecule has 0 unspecified atom stereocenters. The first kappa shape index (κ1) is 18.5. The number of allylic oxidation sites excluding steroid dienone is 1. The normalized spacial score (nSPS) is 11.0. The maximum atomic E-state index is 12.1. The lowest BCUT2D eigenvalue weighted by Crippen LogP contribution is -2.11. The second-order valence-electron chi connectivity index (χ2n) is 5.52. The van der Waals surface area contributed by atoms with Gasteiger partial charge in [0.15, 0.2) is 0 Å². The Morgan fingerprint density at radius 3 is 1.84 bits per heavy atom. The molecular formula is C21H22O4. The lowest BCUT2D eigenvalue weighted by Gasteiger charge is -2.09. The molecule has 4 heteroatoms. The molecule has 0 aromatic heterocycles. The highest BCUT2D eigenvalue weighted by Gasteiger charge is 2.13. The molecule has 0 fully saturated rings. The van der Waals surface area contributed by atoms with Gasteiger partial charge in [0.2, 0.25) is 0 Å². The van der Waals surface area contributed by atoms with Crippen molar-refractivity contribution >= 4 is 11.9 Å². The average molecular weight is 338 g/mol. The average Bonchev–Trinajstić information content (AvgIpc) is 2.67. The van der Waals surface area contributed by atoms with Crippen LogP contribution in [0.4, 0.5) is 0 Å². The largest absolute Gasteiger partial charge is 0.461 e. The van der Waals surface area contributed by atoms with Crippen molar-refractivity contribution in [3.63, 3.8) is 0 Å². The lowest BCUT2D eigenvalue weighted by molar-refractivity contribution is -0.145. The zero-order valence-electron chi connectivity index (χ0n) is 14.3. The highest BCUT2D eigenvalue weighted by atomic mass is 16.5. The van der Waals surface area contributed by atoms with Crippen LogP contribution in [-0.2, 0) is 32.3 Å². The quantitative estimate of drug-likeness (QED) is 0.535. The Kier molecular flexibility index (Phi) is 7.44. The molecule has 0 radical (unpaired) electrons. The third-order valence-corrected chi connectivity index (χ3v) is 3.66. The minimum Gasteiger partial charge on any atom is -0.461 e. The summed E-state index contributed by atoms with van der Waals surface area (Å²) in [7, 11) is 0. The van der Waals surface area contributed by atoms with Crippen LogP contribution >= 0.6 is 0 Å². The maximum absolute atomic E-state index is 12.1. The predicted octanol–water partition coefficient (Wildman–Crippen LogP) is 4.20. The SMILES string of the molecule is C/C=C(\CCC(=O)OCc1ccccc1)C(=O)OCc1ccccc1. The van der Waals surface area contributed by atoms with Gasteiger partial charge in [-0.05, 0) is 24.5 Å². The van der Waals surface area contributed by atoms with Gasteiger partial charge < -0.3 is 9.47 Å². The fourth-order valence-electron chi connectivity index (χ4n) is 2.23. The van der Waals surface area contributed by atoms with E-state index in [2.05, 4.69) is 0 Å². The summed E-state index contributed by atoms with van der Waals surface area (Å²) in [5.41, 5.74) is 2.34. The fourth-order valence-corrected chi connectivity index (χ4v) is 2.23. The van der Waals surface area contributed by atoms with Gasteiger partial charge in [0.25, 0.3) is 0 Å². The topological polar surface area (TPSA) is 52.6 Å². The molecule has 25 heavy (non-hydrogen) atoms. The first-order valence-electron chi connectivity index (χ1n) is 8.25. The summed E-state index contributed by atoms with van der Waals surface area (Å²) in [6.45, 7) is 2.22. The molecular weight excluding hydrogens is 316 g/mol. The molecule has 0 N–H and O–H groups in total. The molecule has 0 amide bonds. The van der Waals surface area contributed by atoms with Crippen molar-refractivity contribution in [3.05, 3.63) is 83.4 Å². The van der Waals surface area contributed by atoms with Gasteiger partial charge in [-0.3, -0.25) is 4.79 Å². The van der Waals surface area contributed by atoms with Crippen molar-refractivity contribution in [2.45, 2.75) is 33.0 Å². The third-order valence-electron chi connectivity index (χ3n) is 3.66. The molecule has 0 aliphatic heterocycles. The first-order valence-corrected chi connectivity index (χ1v) is 8.25. The van der Waals surface area contributed by atoms with E-state index in [1.807, 2.05) is 60.7 Å². The van der Waals surface area contributed by atoms with E-state index < -0.39 is 5.97 Å². The van der Waals surface area contributed by atoms with E-state index >= 15 is 0 Å². The molecule has 2 aromatic carbocycles. The standard InChI is InChI=1S/C21H22O4/c1-2-19(21(23)25-16-18-11-7-4-8-12-18)13-14-20(22)24-15-17-9-5-3-6-10-17/h2-12H,13-16H2,1H3/b19-2+. The molecule has 0 atom stereocenters. The van der Waals surface area contributed by atoms with Crippen LogP contribution in [0.5, 0.6) is 0 Å². The number of hydrogen-bond acceptors (Lipinski definition) is 4. The molecule has 0 heterocycles. The van der Waals surface area contributed by atoms with E-state index in [9.17, 15) is 9.59 Å². The second kappa shape index (κ2) is 10.1. The Bertz CT molecular complexity index is 705. The van der Waals surface area contributed by atoms with Crippen molar-refractivity contribution in [3.8, 4) is 0 Å². The third kappa shape index (κ3) is 6.63. The van der Waals surface area contributed by atoms with Crippen molar-refractivity contribution in [1.29, 1.82) is 0 Å². The van der Waals surface area contributed by atoms with Crippen LogP contribution in [0.15, 0.2) is 72.3 Å². The molecule has 2 rings (SSSR count). The lowest BCUT2D eigenvalue weighted by atomic mass is 10.1. The molecule has 0 spiro atoms. The minimum absolute atomic E-state index is 0.146. The zero-order chi connectivity index (χ0) is 17.9. The van der Waals surface area contributed by atoms with Crippen molar-refractivity contribution < 1.29 is 19.1 Å². The predicted molar refractivity (Wildman–Crippen MR) is 95.5 cm³/mol. The molecule has 2 aromatic rings. The summed E-state index contributed by atoms with van der Waals surface area (Å²) in [5.74, 6) is -0.735. The van der Waals surface area contributed by atoms with Gasteiger partial charge in [0.05, 0.1) is 0 Å². The van der Waals surface area contributed by atoms with Crippen LogP contribution < -0.4 is 0 Å². The fraction of sp³-hybridized carbons (Fsp3) is 0.238. The number of rotatable bonds is 8. The van der Waals surface area contributed by atoms with Crippen molar-refractivity contribution in [1.82, 2.24) is 0 Å². The van der Waals surface area contributed by atoms with Crippen molar-refractivity contribution in [2.24, 2.45) is 0 Å². The van der Waals surface area contributed by atoms with Gasteiger partial charge in [-0.15, -0.1) is 0 Å². The number of carbonyl (C=O) groups is 2. The van der Waals surface area contributed by atoms with Crippen LogP contribution in [0.2, 0.25) is 0 Å². The Hall–Kier alpha value is -2.88. The van der Waals surface area contributed by atoms with Gasteiger partial charge in [0.1, 0.15) is 13.2 Å². The Morgan fingerprint density at radius 2 is 1.32 bits per heavy atom. The molecule has 0 aliphatic rings. The maximum Gasteiger partial charge on any atom is 0.334 e. The summed E-state index contributed by atoms with van der Waals surface area (Å²) < 4.78 is 10.5. The van der Waals surface area contributed by atoms with E-state index in [0.717, 1.165) is 11.1 Å². The molecule has 4 nitrogen and oxygen atoms in total. The number of esters is 2. The van der Waals surface area contributed by atoms with Crippen molar-refractivity contribution in [2.75, 3.05) is 0 Å². The van der Waals surface area contributed by atoms with Gasteiger partial charge in [-0.2, -0.15) is 0 Å². The summed E-state index contributed by atoms with van der Waals surface area (Å²) in [4.78, 5) is 23.9. The summed E-state index contributed by atoms with van der Waals surface area (Å²) in [5, 5.41) is 0. The van der Waals surface area contributed by atoms with Gasteiger partial charge >= 0.3 is 11.9 Å². The van der Waals surface area contributed by atoms with E-state index in [0.29, 0.717) is 12.0 Å². The van der Waals surface area contributed by atoms with Crippen LogP contribution in [0.3, 0.4) is 0 Å². The first-order chi connectivity index (χ1) is 12.2. The summed E-state index contributed by atoms with van der Waals surface area (Å²) in [6, 6.07) is 19.0. The Balaban J connectivity index is 1.73. The number of carbonyl (C=O) groups excluding carboxylic acids is 2. The van der Waals surface area contributed by atoms with E-state index in [4.69, 9.17) is 9.47 Å². The van der Waals surface area contributed by atoms with Crippen LogP contribution in [0.25, 0.3) is 0 Å². The van der Waals surface area contributed by atoms with Gasteiger partial charge in [0, 0.05) is 12.0 Å². The summed E-state index contributed by atoms with van der Waals surface area (Å²) >= 11 is 0. The van der Waals surface area contributed by atoms with Crippen LogP contribution in [-0.4, -0.2) is 11.9 Å². The smallest absolute Gasteiger partial charge is 0.334 e. The number of hydrogen-bond donors (Lipinski definition) is 0. The van der Waals surface area contributed by atoms with Crippen LogP contribution in [0, 0.1) is 0 Å². The number of ether oxygens (including phenoxy) is 2. The van der Waals surface area contributed by atoms with E-state index in [-0.39, 0.29) is 25.6 Å². The van der Waals surface area contributed by atoms with E-state index in [1.165, 1.54) is 0 Å². The van der Waals surface area contributed by atoms with Gasteiger partial charge in [-0.1, -0.05) is 66.7 Å². The Morgan fingerprint density at radius 1 is 0.800 bits per heavy atom. The number of benzene rings is 2. The highest BCUT2D eigenvalue weighted by molar-refractivity contribution is 5.89. The van der Waals surface area contributed by atoms with Crippen LogP contribution in [0.1, 0.15) is 30.9 Å². The monoisotopic (exact) mass is 338 g/mol.